The Hall–Kier alpha value is -12.6. The fourth-order valence-corrected chi connectivity index (χ4v) is 15.5. The molecule has 3 aromatic heterocycles. The first-order valence-electron chi connectivity index (χ1n) is 33.2. The summed E-state index contributed by atoms with van der Waals surface area (Å²) >= 11 is 0. The number of rotatable bonds is 10. The van der Waals surface area contributed by atoms with E-state index in [1.165, 1.54) is 55.4 Å². The summed E-state index contributed by atoms with van der Waals surface area (Å²) in [6, 6.07) is 115. The zero-order chi connectivity index (χ0) is 64.3. The molecule has 0 saturated carbocycles. The van der Waals surface area contributed by atoms with Crippen LogP contribution >= 0.6 is 0 Å². The third kappa shape index (κ3) is 9.11. The Balaban J connectivity index is 0.847. The van der Waals surface area contributed by atoms with Crippen LogP contribution in [0.3, 0.4) is 0 Å². The second-order valence-corrected chi connectivity index (χ2v) is 25.9. The molecule has 0 atom stereocenters. The molecule has 0 saturated heterocycles. The van der Waals surface area contributed by atoms with Crippen molar-refractivity contribution in [3.63, 3.8) is 0 Å². The molecular formula is C88H59BN8. The summed E-state index contributed by atoms with van der Waals surface area (Å²) in [5.41, 5.74) is 27.7. The van der Waals surface area contributed by atoms with E-state index in [0.717, 1.165) is 101 Å². The molecule has 454 valence electrons. The summed E-state index contributed by atoms with van der Waals surface area (Å²) in [7, 11) is 0. The molecule has 0 unspecified atom stereocenters. The first kappa shape index (κ1) is 56.0. The van der Waals surface area contributed by atoms with Crippen molar-refractivity contribution in [1.29, 1.82) is 0 Å². The molecule has 16 aromatic rings. The van der Waals surface area contributed by atoms with Crippen LogP contribution < -0.4 is 26.2 Å². The Kier molecular flexibility index (Phi) is 12.9. The van der Waals surface area contributed by atoms with Gasteiger partial charge < -0.3 is 14.4 Å². The van der Waals surface area contributed by atoms with Crippen molar-refractivity contribution in [2.24, 2.45) is 0 Å². The van der Waals surface area contributed by atoms with Crippen molar-refractivity contribution in [2.45, 2.75) is 19.3 Å². The zero-order valence-electron chi connectivity index (χ0n) is 53.3. The molecule has 0 radical (unpaired) electrons. The first-order valence-corrected chi connectivity index (χ1v) is 33.2. The number of anilines is 6. The summed E-state index contributed by atoms with van der Waals surface area (Å²) in [5, 5.41) is 2.33. The number of nitrogens with zero attached hydrogens (tertiary/aromatic N) is 8. The van der Waals surface area contributed by atoms with Crippen molar-refractivity contribution in [2.75, 3.05) is 9.80 Å². The van der Waals surface area contributed by atoms with E-state index in [9.17, 15) is 0 Å². The van der Waals surface area contributed by atoms with E-state index in [1.807, 2.05) is 36.4 Å². The highest BCUT2D eigenvalue weighted by Crippen LogP contribution is 2.52. The third-order valence-electron chi connectivity index (χ3n) is 20.0. The van der Waals surface area contributed by atoms with Gasteiger partial charge in [0.15, 0.2) is 23.3 Å². The van der Waals surface area contributed by atoms with E-state index in [4.69, 9.17) is 24.9 Å². The minimum Gasteiger partial charge on any atom is -0.311 e. The van der Waals surface area contributed by atoms with E-state index < -0.39 is 0 Å². The van der Waals surface area contributed by atoms with E-state index in [1.54, 1.807) is 0 Å². The number of para-hydroxylation sites is 5. The Bertz CT molecular complexity index is 5650. The normalized spacial score (nSPS) is 13.1. The summed E-state index contributed by atoms with van der Waals surface area (Å²) in [5.74, 6) is 2.25. The standard InChI is InChI=1S/C88H59BN8/c1-88(2)70-41-20-18-39-65(70)67-53-68-66-40-19-23-44-76(66)97(80(68)54-71(67)88)77-48-47-61(86-93-84(57-29-10-4-11-30-57)92-85(94-86)58-31-12-5-13-32-58)50-69(77)87-90-74(56-27-8-3-9-28-56)55-75(91-87)60-34-26-33-59(49-60)62-51-81-83-82(52-62)96(64-37-16-7-17-38-64)79-46-25-22-43-73(79)89(83)72-42-21-24-45-78(72)95(81)63-35-14-6-15-36-63/h3-55H,1-2H3. The molecule has 9 heteroatoms. The van der Waals surface area contributed by atoms with E-state index >= 15 is 0 Å². The van der Waals surface area contributed by atoms with Gasteiger partial charge in [-0.2, -0.15) is 0 Å². The molecule has 19 rings (SSSR count). The highest BCUT2D eigenvalue weighted by atomic mass is 15.2. The Morgan fingerprint density at radius 1 is 0.278 bits per heavy atom. The van der Waals surface area contributed by atoms with Gasteiger partial charge in [0.05, 0.1) is 28.1 Å². The predicted molar refractivity (Wildman–Crippen MR) is 399 cm³/mol. The lowest BCUT2D eigenvalue weighted by atomic mass is 9.33. The lowest BCUT2D eigenvalue weighted by Crippen LogP contribution is -2.61. The zero-order valence-corrected chi connectivity index (χ0v) is 53.3. The quantitative estimate of drug-likeness (QED) is 0.126. The van der Waals surface area contributed by atoms with Gasteiger partial charge in [0.1, 0.15) is 0 Å². The van der Waals surface area contributed by atoms with Crippen LogP contribution in [0.2, 0.25) is 0 Å². The largest absolute Gasteiger partial charge is 0.311 e. The van der Waals surface area contributed by atoms with Gasteiger partial charge in [-0.3, -0.25) is 0 Å². The number of fused-ring (bicyclic) bond motifs is 10. The number of aromatic nitrogens is 6. The summed E-state index contributed by atoms with van der Waals surface area (Å²) < 4.78 is 2.43. The molecule has 97 heavy (non-hydrogen) atoms. The summed E-state index contributed by atoms with van der Waals surface area (Å²) in [6.45, 7) is 4.70. The highest BCUT2D eigenvalue weighted by Gasteiger charge is 2.44. The van der Waals surface area contributed by atoms with Gasteiger partial charge in [-0.1, -0.05) is 238 Å². The van der Waals surface area contributed by atoms with Gasteiger partial charge in [-0.25, -0.2) is 24.9 Å². The second kappa shape index (κ2) is 22.3. The Morgan fingerprint density at radius 3 is 1.41 bits per heavy atom. The third-order valence-corrected chi connectivity index (χ3v) is 20.0. The topological polar surface area (TPSA) is 75.9 Å². The molecule has 1 aliphatic carbocycles. The molecule has 0 spiro atoms. The van der Waals surface area contributed by atoms with Crippen molar-refractivity contribution >= 4 is 79.0 Å². The van der Waals surface area contributed by atoms with Gasteiger partial charge in [0.2, 0.25) is 0 Å². The number of benzene rings is 13. The maximum absolute atomic E-state index is 5.82. The average molecular weight is 1240 g/mol. The molecule has 0 fully saturated rings. The monoisotopic (exact) mass is 1240 g/mol. The van der Waals surface area contributed by atoms with Crippen LogP contribution in [-0.2, 0) is 5.41 Å². The van der Waals surface area contributed by atoms with E-state index in [0.29, 0.717) is 23.3 Å². The molecule has 0 N–H and O–H groups in total. The fourth-order valence-electron chi connectivity index (χ4n) is 15.5. The van der Waals surface area contributed by atoms with Gasteiger partial charge in [-0.15, -0.1) is 0 Å². The lowest BCUT2D eigenvalue weighted by molar-refractivity contribution is 0.661. The van der Waals surface area contributed by atoms with Crippen LogP contribution in [0.1, 0.15) is 25.0 Å². The van der Waals surface area contributed by atoms with Crippen LogP contribution in [0, 0.1) is 0 Å². The van der Waals surface area contributed by atoms with Crippen molar-refractivity contribution in [3.8, 4) is 96.0 Å². The number of hydrogen-bond acceptors (Lipinski definition) is 7. The van der Waals surface area contributed by atoms with E-state index in [2.05, 4.69) is 313 Å². The number of hydrogen-bond donors (Lipinski definition) is 0. The van der Waals surface area contributed by atoms with Crippen LogP contribution in [0.15, 0.2) is 322 Å². The molecular weight excluding hydrogens is 1180 g/mol. The molecule has 8 nitrogen and oxygen atoms in total. The van der Waals surface area contributed by atoms with Crippen molar-refractivity contribution < 1.29 is 0 Å². The molecule has 0 amide bonds. The fraction of sp³-hybridized carbons (Fsp3) is 0.0341. The molecule has 2 aliphatic heterocycles. The Labute approximate surface area is 562 Å². The predicted octanol–water partition coefficient (Wildman–Crippen LogP) is 19.8. The average Bonchev–Trinajstić information content (AvgIpc) is 1.42. The lowest BCUT2D eigenvalue weighted by Gasteiger charge is -2.44. The minimum atomic E-state index is -0.242. The Morgan fingerprint density at radius 2 is 0.784 bits per heavy atom. The molecule has 13 aromatic carbocycles. The summed E-state index contributed by atoms with van der Waals surface area (Å²) in [6.07, 6.45) is 0. The molecule has 5 heterocycles. The van der Waals surface area contributed by atoms with Crippen LogP contribution in [-0.4, -0.2) is 36.2 Å². The smallest absolute Gasteiger partial charge is 0.252 e. The second-order valence-electron chi connectivity index (χ2n) is 25.9. The van der Waals surface area contributed by atoms with Crippen LogP contribution in [0.5, 0.6) is 0 Å². The molecule has 3 aliphatic rings. The maximum atomic E-state index is 5.82. The van der Waals surface area contributed by atoms with Crippen molar-refractivity contribution in [1.82, 2.24) is 29.5 Å². The maximum Gasteiger partial charge on any atom is 0.252 e. The highest BCUT2D eigenvalue weighted by molar-refractivity contribution is 7.00. The minimum absolute atomic E-state index is 0.00815. The SMILES string of the molecule is CC1(C)c2ccccc2-c2cc3c4ccccc4n(-c4ccc(-c5nc(-c6ccccc6)nc(-c6ccccc6)n5)cc4-c4nc(-c5ccccc5)cc(-c5cccc(-c6cc7c8c(c6)N(c6ccccc6)c6ccccc6B8c6ccccc6N7c6ccccc6)c5)n4)c3cc21. The van der Waals surface area contributed by atoms with Crippen LogP contribution in [0.25, 0.3) is 118 Å². The van der Waals surface area contributed by atoms with Gasteiger partial charge in [0.25, 0.3) is 6.71 Å². The molecule has 0 bridgehead atoms. The van der Waals surface area contributed by atoms with Gasteiger partial charge >= 0.3 is 0 Å². The van der Waals surface area contributed by atoms with Crippen molar-refractivity contribution in [3.05, 3.63) is 333 Å². The van der Waals surface area contributed by atoms with Gasteiger partial charge in [-0.05, 0) is 147 Å². The summed E-state index contributed by atoms with van der Waals surface area (Å²) in [4.78, 5) is 32.2. The van der Waals surface area contributed by atoms with Gasteiger partial charge in [0, 0.05) is 83.7 Å². The first-order chi connectivity index (χ1) is 47.9. The van der Waals surface area contributed by atoms with Crippen LogP contribution in [0.4, 0.5) is 34.1 Å². The van der Waals surface area contributed by atoms with E-state index in [-0.39, 0.29) is 12.1 Å².